The highest BCUT2D eigenvalue weighted by atomic mass is 16.5. The van der Waals surface area contributed by atoms with Crippen LogP contribution in [0.2, 0.25) is 0 Å². The summed E-state index contributed by atoms with van der Waals surface area (Å²) in [5.74, 6) is 0. The average molecular weight is 127 g/mol. The van der Waals surface area contributed by atoms with E-state index in [1.807, 2.05) is 0 Å². The van der Waals surface area contributed by atoms with Crippen LogP contribution in [-0.4, -0.2) is 12.6 Å². The molecule has 2 heteroatoms. The van der Waals surface area contributed by atoms with Gasteiger partial charge in [0.25, 0.3) is 0 Å². The second kappa shape index (κ2) is 2.87. The molecule has 0 aromatic carbocycles. The first-order chi connectivity index (χ1) is 4.34. The third kappa shape index (κ3) is 1.45. The summed E-state index contributed by atoms with van der Waals surface area (Å²) in [6.07, 6.45) is 3.83. The number of hydrogen-bond donors (Lipinski definition) is 1. The molecule has 0 aromatic heterocycles. The van der Waals surface area contributed by atoms with E-state index in [-0.39, 0.29) is 6.04 Å². The zero-order valence-corrected chi connectivity index (χ0v) is 5.76. The van der Waals surface area contributed by atoms with Crippen molar-refractivity contribution in [3.05, 3.63) is 11.8 Å². The molecule has 1 rings (SSSR count). The first-order valence-electron chi connectivity index (χ1n) is 3.40. The molecular formula is C7H13NO. The first-order valence-corrected chi connectivity index (χ1v) is 3.40. The van der Waals surface area contributed by atoms with Gasteiger partial charge in [-0.3, -0.25) is 0 Å². The average Bonchev–Trinajstić information content (AvgIpc) is 2.37. The summed E-state index contributed by atoms with van der Waals surface area (Å²) in [7, 11) is 0. The van der Waals surface area contributed by atoms with Crippen LogP contribution < -0.4 is 5.73 Å². The van der Waals surface area contributed by atoms with E-state index in [0.717, 1.165) is 19.4 Å². The fraction of sp³-hybridized carbons (Fsp3) is 0.714. The molecule has 1 unspecified atom stereocenters. The van der Waals surface area contributed by atoms with E-state index in [1.165, 1.54) is 5.57 Å². The molecule has 0 radical (unpaired) electrons. The minimum Gasteiger partial charge on any atom is -0.501 e. The summed E-state index contributed by atoms with van der Waals surface area (Å²) in [5, 5.41) is 0. The van der Waals surface area contributed by atoms with Crippen LogP contribution in [0.3, 0.4) is 0 Å². The van der Waals surface area contributed by atoms with E-state index in [9.17, 15) is 0 Å². The Morgan fingerprint density at radius 3 is 3.11 bits per heavy atom. The lowest BCUT2D eigenvalue weighted by Crippen LogP contribution is -2.20. The minimum absolute atomic E-state index is 0.229. The molecule has 0 saturated carbocycles. The monoisotopic (exact) mass is 127 g/mol. The highest BCUT2D eigenvalue weighted by molar-refractivity contribution is 5.09. The zero-order valence-electron chi connectivity index (χ0n) is 5.76. The molecule has 0 amide bonds. The lowest BCUT2D eigenvalue weighted by Gasteiger charge is -2.06. The van der Waals surface area contributed by atoms with Crippen molar-refractivity contribution >= 4 is 0 Å². The Bertz CT molecular complexity index is 120. The Balaban J connectivity index is 2.40. The van der Waals surface area contributed by atoms with Gasteiger partial charge < -0.3 is 10.5 Å². The summed E-state index contributed by atoms with van der Waals surface area (Å²) < 4.78 is 5.04. The Labute approximate surface area is 55.7 Å². The highest BCUT2D eigenvalue weighted by Crippen LogP contribution is 2.14. The second-order valence-electron chi connectivity index (χ2n) is 2.33. The molecule has 9 heavy (non-hydrogen) atoms. The predicted octanol–water partition coefficient (Wildman–Crippen LogP) is 1.03. The van der Waals surface area contributed by atoms with Crippen LogP contribution in [0.1, 0.15) is 19.8 Å². The quantitative estimate of drug-likeness (QED) is 0.601. The topological polar surface area (TPSA) is 35.2 Å². The molecule has 0 aliphatic carbocycles. The number of nitrogens with two attached hydrogens (primary N) is 1. The van der Waals surface area contributed by atoms with Gasteiger partial charge in [0, 0.05) is 12.5 Å². The van der Waals surface area contributed by atoms with Gasteiger partial charge in [0.1, 0.15) is 0 Å². The summed E-state index contributed by atoms with van der Waals surface area (Å²) >= 11 is 0. The molecule has 2 nitrogen and oxygen atoms in total. The van der Waals surface area contributed by atoms with Crippen LogP contribution in [0.15, 0.2) is 11.8 Å². The van der Waals surface area contributed by atoms with Crippen LogP contribution in [0.4, 0.5) is 0 Å². The lowest BCUT2D eigenvalue weighted by atomic mass is 10.1. The van der Waals surface area contributed by atoms with Gasteiger partial charge in [-0.25, -0.2) is 0 Å². The Hall–Kier alpha value is -0.500. The highest BCUT2D eigenvalue weighted by Gasteiger charge is 2.11. The zero-order chi connectivity index (χ0) is 6.69. The predicted molar refractivity (Wildman–Crippen MR) is 36.9 cm³/mol. The maximum absolute atomic E-state index is 5.73. The third-order valence-electron chi connectivity index (χ3n) is 1.66. The summed E-state index contributed by atoms with van der Waals surface area (Å²) in [5.41, 5.74) is 6.99. The van der Waals surface area contributed by atoms with Gasteiger partial charge in [-0.05, 0) is 12.0 Å². The van der Waals surface area contributed by atoms with E-state index in [1.54, 1.807) is 6.26 Å². The van der Waals surface area contributed by atoms with Crippen molar-refractivity contribution < 1.29 is 4.74 Å². The Kier molecular flexibility index (Phi) is 2.11. The van der Waals surface area contributed by atoms with E-state index >= 15 is 0 Å². The summed E-state index contributed by atoms with van der Waals surface area (Å²) in [4.78, 5) is 0. The third-order valence-corrected chi connectivity index (χ3v) is 1.66. The van der Waals surface area contributed by atoms with E-state index in [0.29, 0.717) is 0 Å². The minimum atomic E-state index is 0.229. The normalized spacial score (nSPS) is 20.9. The molecule has 0 bridgehead atoms. The van der Waals surface area contributed by atoms with E-state index in [4.69, 9.17) is 10.5 Å². The van der Waals surface area contributed by atoms with Crippen LogP contribution in [-0.2, 0) is 4.74 Å². The van der Waals surface area contributed by atoms with Crippen molar-refractivity contribution in [3.63, 3.8) is 0 Å². The van der Waals surface area contributed by atoms with Crippen molar-refractivity contribution in [2.45, 2.75) is 25.8 Å². The second-order valence-corrected chi connectivity index (χ2v) is 2.33. The number of hydrogen-bond acceptors (Lipinski definition) is 2. The van der Waals surface area contributed by atoms with Gasteiger partial charge in [0.2, 0.25) is 0 Å². The van der Waals surface area contributed by atoms with Crippen LogP contribution >= 0.6 is 0 Å². The molecule has 1 heterocycles. The first kappa shape index (κ1) is 6.62. The van der Waals surface area contributed by atoms with E-state index in [2.05, 4.69) is 6.92 Å². The van der Waals surface area contributed by atoms with Gasteiger partial charge in [-0.2, -0.15) is 0 Å². The Morgan fingerprint density at radius 1 is 1.89 bits per heavy atom. The van der Waals surface area contributed by atoms with Crippen LogP contribution in [0, 0.1) is 0 Å². The molecule has 1 atom stereocenters. The van der Waals surface area contributed by atoms with Crippen molar-refractivity contribution in [3.8, 4) is 0 Å². The molecule has 2 N–H and O–H groups in total. The fourth-order valence-electron chi connectivity index (χ4n) is 0.937. The van der Waals surface area contributed by atoms with Crippen molar-refractivity contribution in [2.24, 2.45) is 5.73 Å². The van der Waals surface area contributed by atoms with E-state index < -0.39 is 0 Å². The van der Waals surface area contributed by atoms with Crippen molar-refractivity contribution in [2.75, 3.05) is 6.61 Å². The maximum Gasteiger partial charge on any atom is 0.0912 e. The molecule has 0 aromatic rings. The van der Waals surface area contributed by atoms with Crippen LogP contribution in [0.5, 0.6) is 0 Å². The van der Waals surface area contributed by atoms with Gasteiger partial charge in [0.05, 0.1) is 12.9 Å². The number of ether oxygens (including phenoxy) is 1. The molecular weight excluding hydrogens is 114 g/mol. The maximum atomic E-state index is 5.73. The Morgan fingerprint density at radius 2 is 2.67 bits per heavy atom. The fourth-order valence-corrected chi connectivity index (χ4v) is 0.937. The smallest absolute Gasteiger partial charge is 0.0912 e. The lowest BCUT2D eigenvalue weighted by molar-refractivity contribution is 0.281. The molecule has 0 spiro atoms. The van der Waals surface area contributed by atoms with Crippen molar-refractivity contribution in [1.82, 2.24) is 0 Å². The molecule has 1 aliphatic heterocycles. The van der Waals surface area contributed by atoms with Gasteiger partial charge in [-0.15, -0.1) is 0 Å². The van der Waals surface area contributed by atoms with Gasteiger partial charge in [-0.1, -0.05) is 6.92 Å². The summed E-state index contributed by atoms with van der Waals surface area (Å²) in [6.45, 7) is 2.91. The van der Waals surface area contributed by atoms with Crippen molar-refractivity contribution in [1.29, 1.82) is 0 Å². The number of rotatable bonds is 2. The largest absolute Gasteiger partial charge is 0.501 e. The SMILES string of the molecule is CCC(N)C1=COCC1. The molecule has 52 valence electrons. The summed E-state index contributed by atoms with van der Waals surface area (Å²) in [6, 6.07) is 0.229. The molecule has 1 aliphatic rings. The molecule has 0 saturated heterocycles. The van der Waals surface area contributed by atoms with Gasteiger partial charge in [0.15, 0.2) is 0 Å². The molecule has 0 fully saturated rings. The van der Waals surface area contributed by atoms with Crippen LogP contribution in [0.25, 0.3) is 0 Å². The standard InChI is InChI=1S/C7H13NO/c1-2-7(8)6-3-4-9-5-6/h5,7H,2-4,8H2,1H3. The van der Waals surface area contributed by atoms with Gasteiger partial charge >= 0.3 is 0 Å².